The average Bonchev–Trinajstić information content (AvgIpc) is 2.72. The van der Waals surface area contributed by atoms with Gasteiger partial charge in [0.15, 0.2) is 0 Å². The molecule has 0 spiro atoms. The van der Waals surface area contributed by atoms with E-state index in [2.05, 4.69) is 49.4 Å². The summed E-state index contributed by atoms with van der Waals surface area (Å²) < 4.78 is 1.83. The smallest absolute Gasteiger partial charge is 0.0762 e. The van der Waals surface area contributed by atoms with Crippen molar-refractivity contribution < 1.29 is 0 Å². The van der Waals surface area contributed by atoms with Gasteiger partial charge < -0.3 is 5.32 Å². The summed E-state index contributed by atoms with van der Waals surface area (Å²) in [5.74, 6) is 0. The molecule has 0 aliphatic heterocycles. The average molecular weight is 243 g/mol. The van der Waals surface area contributed by atoms with E-state index in [0.717, 1.165) is 12.2 Å². The fourth-order valence-corrected chi connectivity index (χ4v) is 2.24. The highest BCUT2D eigenvalue weighted by Gasteiger charge is 2.08. The van der Waals surface area contributed by atoms with Crippen molar-refractivity contribution in [3.8, 4) is 0 Å². The van der Waals surface area contributed by atoms with Gasteiger partial charge in [0.1, 0.15) is 0 Å². The maximum Gasteiger partial charge on any atom is 0.0762 e. The SMILES string of the molecule is Cc1ccc(C(C)NCc2ccn(C)n2)c(C)c1. The Morgan fingerprint density at radius 3 is 2.67 bits per heavy atom. The van der Waals surface area contributed by atoms with Crippen molar-refractivity contribution in [1.82, 2.24) is 15.1 Å². The van der Waals surface area contributed by atoms with Gasteiger partial charge in [-0.05, 0) is 38.0 Å². The monoisotopic (exact) mass is 243 g/mol. The number of aryl methyl sites for hydroxylation is 3. The molecule has 0 radical (unpaired) electrons. The Morgan fingerprint density at radius 2 is 2.06 bits per heavy atom. The van der Waals surface area contributed by atoms with Crippen molar-refractivity contribution in [2.24, 2.45) is 7.05 Å². The first-order valence-corrected chi connectivity index (χ1v) is 6.35. The van der Waals surface area contributed by atoms with Crippen LogP contribution < -0.4 is 5.32 Å². The topological polar surface area (TPSA) is 29.9 Å². The zero-order valence-electron chi connectivity index (χ0n) is 11.6. The lowest BCUT2D eigenvalue weighted by molar-refractivity contribution is 0.559. The van der Waals surface area contributed by atoms with Crippen LogP contribution in [0.3, 0.4) is 0 Å². The summed E-state index contributed by atoms with van der Waals surface area (Å²) in [6.45, 7) is 7.29. The van der Waals surface area contributed by atoms with Gasteiger partial charge in [-0.15, -0.1) is 0 Å². The zero-order chi connectivity index (χ0) is 13.1. The molecular weight excluding hydrogens is 222 g/mol. The van der Waals surface area contributed by atoms with Crippen LogP contribution in [0, 0.1) is 13.8 Å². The zero-order valence-corrected chi connectivity index (χ0v) is 11.6. The number of rotatable bonds is 4. The van der Waals surface area contributed by atoms with Gasteiger partial charge in [0.25, 0.3) is 0 Å². The molecule has 0 amide bonds. The molecule has 2 rings (SSSR count). The molecule has 3 heteroatoms. The Kier molecular flexibility index (Phi) is 3.82. The van der Waals surface area contributed by atoms with Crippen molar-refractivity contribution in [3.05, 3.63) is 52.8 Å². The second-order valence-corrected chi connectivity index (χ2v) is 4.94. The molecule has 0 bridgehead atoms. The van der Waals surface area contributed by atoms with Crippen LogP contribution in [0.4, 0.5) is 0 Å². The summed E-state index contributed by atoms with van der Waals surface area (Å²) >= 11 is 0. The van der Waals surface area contributed by atoms with E-state index in [1.807, 2.05) is 24.0 Å². The third-order valence-electron chi connectivity index (χ3n) is 3.25. The van der Waals surface area contributed by atoms with Gasteiger partial charge in [-0.3, -0.25) is 4.68 Å². The Morgan fingerprint density at radius 1 is 1.28 bits per heavy atom. The molecule has 18 heavy (non-hydrogen) atoms. The third-order valence-corrected chi connectivity index (χ3v) is 3.25. The molecule has 3 nitrogen and oxygen atoms in total. The van der Waals surface area contributed by atoms with E-state index in [-0.39, 0.29) is 0 Å². The van der Waals surface area contributed by atoms with E-state index in [4.69, 9.17) is 0 Å². The fraction of sp³-hybridized carbons (Fsp3) is 0.400. The molecule has 1 aromatic carbocycles. The molecule has 1 aromatic heterocycles. The van der Waals surface area contributed by atoms with Crippen molar-refractivity contribution in [2.75, 3.05) is 0 Å². The lowest BCUT2D eigenvalue weighted by Crippen LogP contribution is -2.19. The maximum absolute atomic E-state index is 4.37. The molecule has 0 saturated carbocycles. The van der Waals surface area contributed by atoms with Gasteiger partial charge in [0, 0.05) is 25.8 Å². The highest BCUT2D eigenvalue weighted by atomic mass is 15.3. The normalized spacial score (nSPS) is 12.7. The predicted octanol–water partition coefficient (Wildman–Crippen LogP) is 2.89. The van der Waals surface area contributed by atoms with E-state index in [1.54, 1.807) is 0 Å². The van der Waals surface area contributed by atoms with Crippen LogP contribution in [0.2, 0.25) is 0 Å². The molecule has 0 fully saturated rings. The minimum Gasteiger partial charge on any atom is -0.304 e. The van der Waals surface area contributed by atoms with E-state index < -0.39 is 0 Å². The van der Waals surface area contributed by atoms with E-state index >= 15 is 0 Å². The van der Waals surface area contributed by atoms with Crippen LogP contribution in [-0.4, -0.2) is 9.78 Å². The Labute approximate surface area is 109 Å². The largest absolute Gasteiger partial charge is 0.304 e. The van der Waals surface area contributed by atoms with Crippen LogP contribution in [0.15, 0.2) is 30.5 Å². The summed E-state index contributed by atoms with van der Waals surface area (Å²) in [7, 11) is 1.94. The van der Waals surface area contributed by atoms with Crippen molar-refractivity contribution in [2.45, 2.75) is 33.4 Å². The number of nitrogens with zero attached hydrogens (tertiary/aromatic N) is 2. The van der Waals surface area contributed by atoms with Gasteiger partial charge in [-0.25, -0.2) is 0 Å². The molecule has 1 heterocycles. The van der Waals surface area contributed by atoms with Gasteiger partial charge in [-0.2, -0.15) is 5.10 Å². The standard InChI is InChI=1S/C15H21N3/c1-11-5-6-15(12(2)9-11)13(3)16-10-14-7-8-18(4)17-14/h5-9,13,16H,10H2,1-4H3. The first-order chi connectivity index (χ1) is 8.56. The van der Waals surface area contributed by atoms with Gasteiger partial charge in [0.2, 0.25) is 0 Å². The van der Waals surface area contributed by atoms with E-state index in [1.165, 1.54) is 16.7 Å². The Hall–Kier alpha value is -1.61. The Bertz CT molecular complexity index is 528. The predicted molar refractivity (Wildman–Crippen MR) is 74.4 cm³/mol. The van der Waals surface area contributed by atoms with Gasteiger partial charge in [0.05, 0.1) is 5.69 Å². The molecule has 1 unspecified atom stereocenters. The minimum atomic E-state index is 0.340. The van der Waals surface area contributed by atoms with Crippen molar-refractivity contribution in [3.63, 3.8) is 0 Å². The lowest BCUT2D eigenvalue weighted by atomic mass is 10.0. The molecule has 1 N–H and O–H groups in total. The van der Waals surface area contributed by atoms with Gasteiger partial charge in [-0.1, -0.05) is 23.8 Å². The molecule has 0 aliphatic carbocycles. The summed E-state index contributed by atoms with van der Waals surface area (Å²) in [4.78, 5) is 0. The highest BCUT2D eigenvalue weighted by molar-refractivity contribution is 5.32. The van der Waals surface area contributed by atoms with E-state index in [9.17, 15) is 0 Å². The second-order valence-electron chi connectivity index (χ2n) is 4.94. The fourth-order valence-electron chi connectivity index (χ4n) is 2.24. The first-order valence-electron chi connectivity index (χ1n) is 6.35. The number of hydrogen-bond acceptors (Lipinski definition) is 2. The lowest BCUT2D eigenvalue weighted by Gasteiger charge is -2.16. The number of benzene rings is 1. The molecule has 2 aromatic rings. The van der Waals surface area contributed by atoms with Crippen LogP contribution in [0.1, 0.15) is 35.3 Å². The quantitative estimate of drug-likeness (QED) is 0.895. The van der Waals surface area contributed by atoms with Crippen LogP contribution in [0.25, 0.3) is 0 Å². The Balaban J connectivity index is 2.01. The third kappa shape index (κ3) is 2.99. The molecule has 96 valence electrons. The van der Waals surface area contributed by atoms with Crippen LogP contribution in [-0.2, 0) is 13.6 Å². The maximum atomic E-state index is 4.37. The summed E-state index contributed by atoms with van der Waals surface area (Å²) in [6, 6.07) is 8.99. The summed E-state index contributed by atoms with van der Waals surface area (Å²) in [5, 5.41) is 7.88. The van der Waals surface area contributed by atoms with Crippen LogP contribution >= 0.6 is 0 Å². The molecular formula is C15H21N3. The first kappa shape index (κ1) is 12.8. The van der Waals surface area contributed by atoms with Crippen LogP contribution in [0.5, 0.6) is 0 Å². The second kappa shape index (κ2) is 5.36. The summed E-state index contributed by atoms with van der Waals surface area (Å²) in [5.41, 5.74) is 5.09. The number of hydrogen-bond donors (Lipinski definition) is 1. The highest BCUT2D eigenvalue weighted by Crippen LogP contribution is 2.18. The van der Waals surface area contributed by atoms with E-state index in [0.29, 0.717) is 6.04 Å². The van der Waals surface area contributed by atoms with Gasteiger partial charge >= 0.3 is 0 Å². The minimum absolute atomic E-state index is 0.340. The number of aromatic nitrogens is 2. The number of nitrogens with one attached hydrogen (secondary N) is 1. The van der Waals surface area contributed by atoms with Crippen molar-refractivity contribution in [1.29, 1.82) is 0 Å². The molecule has 0 aliphatic rings. The van der Waals surface area contributed by atoms with Crippen molar-refractivity contribution >= 4 is 0 Å². The molecule has 1 atom stereocenters. The molecule has 0 saturated heterocycles. The summed E-state index contributed by atoms with van der Waals surface area (Å²) in [6.07, 6.45) is 1.97.